The number of carbonyl (C=O) groups is 2. The van der Waals surface area contributed by atoms with Crippen molar-refractivity contribution in [1.82, 2.24) is 10.2 Å². The van der Waals surface area contributed by atoms with E-state index in [0.717, 1.165) is 6.42 Å². The van der Waals surface area contributed by atoms with Gasteiger partial charge in [0.2, 0.25) is 0 Å². The predicted octanol–water partition coefficient (Wildman–Crippen LogP) is 1.56. The van der Waals surface area contributed by atoms with Crippen LogP contribution in [0.3, 0.4) is 0 Å². The third-order valence-corrected chi connectivity index (χ3v) is 2.86. The van der Waals surface area contributed by atoms with E-state index < -0.39 is 11.9 Å². The Balaban J connectivity index is 4.13. The van der Waals surface area contributed by atoms with E-state index in [4.69, 9.17) is 9.84 Å². The average molecular weight is 274 g/mol. The van der Waals surface area contributed by atoms with Gasteiger partial charge in [0.15, 0.2) is 0 Å². The van der Waals surface area contributed by atoms with E-state index in [1.54, 1.807) is 4.90 Å². The number of hydrogen-bond acceptors (Lipinski definition) is 3. The Bertz CT molecular complexity index is 271. The Hall–Kier alpha value is -1.30. The quantitative estimate of drug-likeness (QED) is 0.592. The molecule has 0 fully saturated rings. The van der Waals surface area contributed by atoms with E-state index in [0.29, 0.717) is 32.7 Å². The highest BCUT2D eigenvalue weighted by atomic mass is 16.5. The number of amides is 2. The molecule has 112 valence electrons. The fourth-order valence-electron chi connectivity index (χ4n) is 1.71. The van der Waals surface area contributed by atoms with E-state index in [9.17, 15) is 9.59 Å². The maximum absolute atomic E-state index is 11.9. The van der Waals surface area contributed by atoms with Gasteiger partial charge in [0.05, 0.1) is 12.5 Å². The summed E-state index contributed by atoms with van der Waals surface area (Å²) in [6, 6.07) is -0.232. The van der Waals surface area contributed by atoms with Crippen molar-refractivity contribution in [3.05, 3.63) is 0 Å². The van der Waals surface area contributed by atoms with Crippen LogP contribution in [0.15, 0.2) is 0 Å². The lowest BCUT2D eigenvalue weighted by molar-refractivity contribution is -0.141. The third kappa shape index (κ3) is 7.66. The van der Waals surface area contributed by atoms with Crippen LogP contribution in [-0.2, 0) is 9.53 Å². The van der Waals surface area contributed by atoms with Crippen LogP contribution in [0.2, 0.25) is 0 Å². The van der Waals surface area contributed by atoms with Crippen LogP contribution in [0.1, 0.15) is 33.6 Å². The highest BCUT2D eigenvalue weighted by Crippen LogP contribution is 2.05. The van der Waals surface area contributed by atoms with Crippen LogP contribution in [0.4, 0.5) is 4.79 Å². The molecule has 0 rings (SSSR count). The highest BCUT2D eigenvalue weighted by Gasteiger charge is 2.18. The van der Waals surface area contributed by atoms with Gasteiger partial charge < -0.3 is 20.1 Å². The minimum Gasteiger partial charge on any atom is -0.481 e. The summed E-state index contributed by atoms with van der Waals surface area (Å²) in [5, 5.41) is 11.7. The van der Waals surface area contributed by atoms with Crippen molar-refractivity contribution in [2.24, 2.45) is 5.92 Å². The van der Waals surface area contributed by atoms with Gasteiger partial charge in [0.1, 0.15) is 0 Å². The first-order valence-electron chi connectivity index (χ1n) is 6.90. The lowest BCUT2D eigenvalue weighted by Crippen LogP contribution is -2.44. The van der Waals surface area contributed by atoms with Crippen LogP contribution in [0.5, 0.6) is 0 Å². The number of nitrogens with zero attached hydrogens (tertiary/aromatic N) is 1. The van der Waals surface area contributed by atoms with E-state index >= 15 is 0 Å². The van der Waals surface area contributed by atoms with Crippen molar-refractivity contribution in [3.8, 4) is 0 Å². The molecule has 0 aliphatic rings. The molecule has 0 aromatic rings. The molecule has 0 radical (unpaired) electrons. The van der Waals surface area contributed by atoms with Crippen LogP contribution in [-0.4, -0.2) is 54.9 Å². The van der Waals surface area contributed by atoms with E-state index in [1.807, 2.05) is 20.8 Å². The van der Waals surface area contributed by atoms with Gasteiger partial charge in [-0.15, -0.1) is 0 Å². The minimum atomic E-state index is -0.862. The van der Waals surface area contributed by atoms with Gasteiger partial charge in [-0.25, -0.2) is 4.79 Å². The van der Waals surface area contributed by atoms with Crippen molar-refractivity contribution < 1.29 is 19.4 Å². The first-order valence-corrected chi connectivity index (χ1v) is 6.90. The van der Waals surface area contributed by atoms with Crippen LogP contribution < -0.4 is 5.32 Å². The van der Waals surface area contributed by atoms with Gasteiger partial charge >= 0.3 is 12.0 Å². The zero-order chi connectivity index (χ0) is 14.7. The number of urea groups is 1. The van der Waals surface area contributed by atoms with Crippen molar-refractivity contribution >= 4 is 12.0 Å². The van der Waals surface area contributed by atoms with Crippen molar-refractivity contribution in [2.45, 2.75) is 33.6 Å². The zero-order valence-electron chi connectivity index (χ0n) is 12.1. The van der Waals surface area contributed by atoms with Gasteiger partial charge in [-0.1, -0.05) is 13.3 Å². The first kappa shape index (κ1) is 17.7. The maximum Gasteiger partial charge on any atom is 0.317 e. The van der Waals surface area contributed by atoms with Crippen LogP contribution >= 0.6 is 0 Å². The van der Waals surface area contributed by atoms with Gasteiger partial charge in [0.25, 0.3) is 0 Å². The molecule has 6 heteroatoms. The molecule has 2 amide bonds. The molecule has 0 saturated carbocycles. The van der Waals surface area contributed by atoms with E-state index in [-0.39, 0.29) is 12.6 Å². The summed E-state index contributed by atoms with van der Waals surface area (Å²) in [4.78, 5) is 24.4. The molecule has 6 nitrogen and oxygen atoms in total. The summed E-state index contributed by atoms with van der Waals surface area (Å²) in [7, 11) is 0. The second kappa shape index (κ2) is 10.6. The molecule has 2 N–H and O–H groups in total. The van der Waals surface area contributed by atoms with Gasteiger partial charge in [-0.3, -0.25) is 4.79 Å². The van der Waals surface area contributed by atoms with Crippen molar-refractivity contribution in [1.29, 1.82) is 0 Å². The number of hydrogen-bond donors (Lipinski definition) is 2. The molecular formula is C13H26N2O4. The van der Waals surface area contributed by atoms with Crippen LogP contribution in [0.25, 0.3) is 0 Å². The summed E-state index contributed by atoms with van der Waals surface area (Å²) in [6.45, 7) is 8.09. The number of nitrogens with one attached hydrogen (secondary N) is 1. The lowest BCUT2D eigenvalue weighted by Gasteiger charge is -2.22. The number of aliphatic carboxylic acids is 1. The molecular weight excluding hydrogens is 248 g/mol. The second-order valence-corrected chi connectivity index (χ2v) is 4.29. The van der Waals surface area contributed by atoms with E-state index in [2.05, 4.69) is 5.32 Å². The summed E-state index contributed by atoms with van der Waals surface area (Å²) in [6.07, 6.45) is 1.36. The lowest BCUT2D eigenvalue weighted by atomic mass is 10.0. The average Bonchev–Trinajstić information content (AvgIpc) is 2.39. The predicted molar refractivity (Wildman–Crippen MR) is 73.2 cm³/mol. The molecule has 0 aliphatic carbocycles. The number of carbonyl (C=O) groups excluding carboxylic acids is 1. The SMILES string of the molecule is CCCC(CNC(=O)N(CC)CCOCC)C(=O)O. The fourth-order valence-corrected chi connectivity index (χ4v) is 1.71. The number of likely N-dealkylation sites (N-methyl/N-ethyl adjacent to an activating group) is 1. The Morgan fingerprint density at radius 2 is 2.00 bits per heavy atom. The molecule has 0 spiro atoms. The number of rotatable bonds is 10. The molecule has 0 heterocycles. The molecule has 0 aliphatic heterocycles. The molecule has 0 aromatic carbocycles. The largest absolute Gasteiger partial charge is 0.481 e. The fraction of sp³-hybridized carbons (Fsp3) is 0.846. The molecule has 19 heavy (non-hydrogen) atoms. The molecule has 0 bridgehead atoms. The Morgan fingerprint density at radius 3 is 2.47 bits per heavy atom. The maximum atomic E-state index is 11.9. The van der Waals surface area contributed by atoms with Crippen LogP contribution in [0, 0.1) is 5.92 Å². The third-order valence-electron chi connectivity index (χ3n) is 2.86. The summed E-state index contributed by atoms with van der Waals surface area (Å²) >= 11 is 0. The second-order valence-electron chi connectivity index (χ2n) is 4.29. The standard InChI is InChI=1S/C13H26N2O4/c1-4-7-11(12(16)17)10-14-13(18)15(5-2)8-9-19-6-3/h11H,4-10H2,1-3H3,(H,14,18)(H,16,17). The number of ether oxygens (including phenoxy) is 1. The number of carboxylic acids is 1. The Morgan fingerprint density at radius 1 is 1.32 bits per heavy atom. The van der Waals surface area contributed by atoms with Gasteiger partial charge in [-0.05, 0) is 20.3 Å². The van der Waals surface area contributed by atoms with Gasteiger partial charge in [-0.2, -0.15) is 0 Å². The zero-order valence-corrected chi connectivity index (χ0v) is 12.1. The topological polar surface area (TPSA) is 78.9 Å². The highest BCUT2D eigenvalue weighted by molar-refractivity contribution is 5.76. The normalized spacial score (nSPS) is 11.9. The number of carboxylic acid groups (broad SMARTS) is 1. The van der Waals surface area contributed by atoms with Gasteiger partial charge in [0, 0.05) is 26.2 Å². The molecule has 1 unspecified atom stereocenters. The summed E-state index contributed by atoms with van der Waals surface area (Å²) in [5.41, 5.74) is 0. The summed E-state index contributed by atoms with van der Waals surface area (Å²) < 4.78 is 5.20. The minimum absolute atomic E-state index is 0.174. The van der Waals surface area contributed by atoms with Crippen molar-refractivity contribution in [3.63, 3.8) is 0 Å². The monoisotopic (exact) mass is 274 g/mol. The van der Waals surface area contributed by atoms with E-state index in [1.165, 1.54) is 0 Å². The molecule has 0 aromatic heterocycles. The van der Waals surface area contributed by atoms with Crippen molar-refractivity contribution in [2.75, 3.05) is 32.8 Å². The Labute approximate surface area is 115 Å². The molecule has 0 saturated heterocycles. The smallest absolute Gasteiger partial charge is 0.317 e. The molecule has 1 atom stereocenters. The first-order chi connectivity index (χ1) is 9.06. The Kier molecular flexibility index (Phi) is 9.88. The summed E-state index contributed by atoms with van der Waals surface area (Å²) in [5.74, 6) is -1.38.